The molecule has 9 nitrogen and oxygen atoms in total. The molecule has 2 aromatic rings. The fourth-order valence-corrected chi connectivity index (χ4v) is 6.74. The minimum atomic E-state index is -5.19. The molecule has 3 fully saturated rings. The van der Waals surface area contributed by atoms with Gasteiger partial charge in [-0.25, -0.2) is 9.59 Å². The third kappa shape index (κ3) is 6.54. The predicted molar refractivity (Wildman–Crippen MR) is 139 cm³/mol. The molecule has 0 aromatic heterocycles. The number of benzene rings is 2. The Morgan fingerprint density at radius 1 is 0.881 bits per heavy atom. The van der Waals surface area contributed by atoms with Gasteiger partial charge in [0.25, 0.3) is 0 Å². The number of quaternary nitrogens is 1. The minimum Gasteiger partial charge on any atom is -0.542 e. The molecule has 5 rings (SSSR count). The number of methoxy groups -OCH3 is 1. The lowest BCUT2D eigenvalue weighted by Crippen LogP contribution is -2.60. The molecule has 1 spiro atoms. The molecule has 3 aliphatic rings. The summed E-state index contributed by atoms with van der Waals surface area (Å²) in [6.45, 7) is 2.07. The topological polar surface area (TPSA) is 111 Å². The molecule has 228 valence electrons. The van der Waals surface area contributed by atoms with Gasteiger partial charge in [-0.3, -0.25) is 0 Å². The van der Waals surface area contributed by atoms with Crippen molar-refractivity contribution in [3.05, 3.63) is 71.8 Å². The third-order valence-corrected chi connectivity index (χ3v) is 8.53. The zero-order valence-electron chi connectivity index (χ0n) is 23.2. The van der Waals surface area contributed by atoms with E-state index in [4.69, 9.17) is 24.1 Å². The Morgan fingerprint density at radius 3 is 1.79 bits per heavy atom. The summed E-state index contributed by atoms with van der Waals surface area (Å²) in [5.74, 6) is -3.49. The van der Waals surface area contributed by atoms with Crippen LogP contribution in [0.3, 0.4) is 0 Å². The Balaban J connectivity index is 0.000000517. The summed E-state index contributed by atoms with van der Waals surface area (Å²) in [4.78, 5) is 34.5. The highest BCUT2D eigenvalue weighted by molar-refractivity contribution is 5.86. The molecule has 3 heterocycles. The van der Waals surface area contributed by atoms with Crippen molar-refractivity contribution in [3.63, 3.8) is 0 Å². The summed E-state index contributed by atoms with van der Waals surface area (Å²) in [5, 5.41) is 8.78. The highest BCUT2D eigenvalue weighted by Crippen LogP contribution is 2.47. The molecule has 2 aromatic carbocycles. The van der Waals surface area contributed by atoms with Crippen molar-refractivity contribution in [1.29, 1.82) is 0 Å². The number of ether oxygens (including phenoxy) is 4. The van der Waals surface area contributed by atoms with Crippen molar-refractivity contribution in [2.45, 2.75) is 68.5 Å². The van der Waals surface area contributed by atoms with Gasteiger partial charge in [-0.2, -0.15) is 13.2 Å². The van der Waals surface area contributed by atoms with Crippen LogP contribution in [0.4, 0.5) is 18.0 Å². The number of esters is 1. The van der Waals surface area contributed by atoms with Gasteiger partial charge in [0.2, 0.25) is 5.60 Å². The van der Waals surface area contributed by atoms with Crippen molar-refractivity contribution in [1.82, 2.24) is 0 Å². The molecule has 0 amide bonds. The van der Waals surface area contributed by atoms with Crippen LogP contribution in [0.2, 0.25) is 0 Å². The van der Waals surface area contributed by atoms with Gasteiger partial charge in [0, 0.05) is 38.5 Å². The van der Waals surface area contributed by atoms with Crippen molar-refractivity contribution >= 4 is 18.1 Å². The highest BCUT2D eigenvalue weighted by Gasteiger charge is 2.57. The number of aliphatic carboxylic acids is 1. The van der Waals surface area contributed by atoms with Crippen LogP contribution in [0.1, 0.15) is 49.7 Å². The lowest BCUT2D eigenvalue weighted by atomic mass is 9.85. The van der Waals surface area contributed by atoms with Crippen LogP contribution in [-0.4, -0.2) is 73.9 Å². The van der Waals surface area contributed by atoms with E-state index < -0.39 is 36.7 Å². The number of halogens is 3. The summed E-state index contributed by atoms with van der Waals surface area (Å²) in [5.41, 5.74) is -0.342. The maximum absolute atomic E-state index is 14.1. The molecule has 0 N–H and O–H groups in total. The third-order valence-electron chi connectivity index (χ3n) is 8.53. The second-order valence-corrected chi connectivity index (χ2v) is 10.7. The van der Waals surface area contributed by atoms with Gasteiger partial charge in [0.15, 0.2) is 6.79 Å². The number of hydrogen-bond acceptors (Lipinski definition) is 8. The molecular formula is C30H34F3NO8. The molecule has 42 heavy (non-hydrogen) atoms. The molecular weight excluding hydrogens is 559 g/mol. The van der Waals surface area contributed by atoms with E-state index in [1.807, 2.05) is 60.7 Å². The maximum Gasteiger partial charge on any atom is 0.510 e. The number of carboxylic acids is 1. The number of carbonyl (C=O) groups excluding carboxylic acids is 3. The van der Waals surface area contributed by atoms with Crippen LogP contribution in [0, 0.1) is 0 Å². The second-order valence-electron chi connectivity index (χ2n) is 10.7. The molecule has 3 saturated heterocycles. The molecule has 2 atom stereocenters. The first kappa shape index (κ1) is 31.3. The standard InChI is InChI=1S/C28H34NO6.C2HF3O2/c1-32-27(31)33-20-34-28(21-10-4-2-5-11-21,22-12-6-3-7-13-22)26(30)35-25-18-23-14-15-24(19-25)29(23)16-8-9-17-29;3-2(4,5)1(6)7/h2-7,10-13,23-25H,8-9,14-20H2,1H3;(H,6,7)/q+1;/p-1. The normalized spacial score (nSPS) is 22.5. The van der Waals surface area contributed by atoms with E-state index in [1.54, 1.807) is 0 Å². The van der Waals surface area contributed by atoms with E-state index in [9.17, 15) is 22.8 Å². The van der Waals surface area contributed by atoms with Crippen LogP contribution in [0.5, 0.6) is 0 Å². The summed E-state index contributed by atoms with van der Waals surface area (Å²) in [7, 11) is 1.23. The lowest BCUT2D eigenvalue weighted by Gasteiger charge is -2.47. The van der Waals surface area contributed by atoms with E-state index in [-0.39, 0.29) is 6.10 Å². The number of carboxylic acid groups (broad SMARTS) is 1. The lowest BCUT2D eigenvalue weighted by molar-refractivity contribution is -0.956. The predicted octanol–water partition coefficient (Wildman–Crippen LogP) is 3.83. The Kier molecular flexibility index (Phi) is 9.78. The molecule has 2 bridgehead atoms. The molecule has 0 radical (unpaired) electrons. The highest BCUT2D eigenvalue weighted by atomic mass is 19.4. The summed E-state index contributed by atoms with van der Waals surface area (Å²) >= 11 is 0. The van der Waals surface area contributed by atoms with E-state index in [0.29, 0.717) is 23.2 Å². The maximum atomic E-state index is 14.1. The molecule has 0 saturated carbocycles. The molecule has 2 unspecified atom stereocenters. The Hall–Kier alpha value is -3.64. The minimum absolute atomic E-state index is 0.152. The summed E-state index contributed by atoms with van der Waals surface area (Å²) in [6, 6.07) is 19.7. The summed E-state index contributed by atoms with van der Waals surface area (Å²) < 4.78 is 54.8. The van der Waals surface area contributed by atoms with E-state index >= 15 is 0 Å². The van der Waals surface area contributed by atoms with E-state index in [1.165, 1.54) is 50.4 Å². The van der Waals surface area contributed by atoms with Crippen LogP contribution < -0.4 is 5.11 Å². The fraction of sp³-hybridized carbons (Fsp3) is 0.500. The number of nitrogens with zero attached hydrogens (tertiary/aromatic N) is 1. The van der Waals surface area contributed by atoms with Gasteiger partial charge in [-0.1, -0.05) is 60.7 Å². The second kappa shape index (κ2) is 13.1. The van der Waals surface area contributed by atoms with E-state index in [2.05, 4.69) is 4.74 Å². The first-order chi connectivity index (χ1) is 20.0. The largest absolute Gasteiger partial charge is 0.542 e. The van der Waals surface area contributed by atoms with Crippen molar-refractivity contribution < 1.29 is 56.1 Å². The van der Waals surface area contributed by atoms with Crippen molar-refractivity contribution in [2.75, 3.05) is 27.0 Å². The number of carbonyl (C=O) groups is 3. The van der Waals surface area contributed by atoms with Gasteiger partial charge in [0.1, 0.15) is 12.1 Å². The number of piperidine rings is 1. The number of rotatable bonds is 7. The quantitative estimate of drug-likeness (QED) is 0.271. The molecule has 0 aliphatic carbocycles. The van der Waals surface area contributed by atoms with Gasteiger partial charge in [0.05, 0.1) is 32.3 Å². The van der Waals surface area contributed by atoms with Gasteiger partial charge in [-0.05, 0) is 11.1 Å². The van der Waals surface area contributed by atoms with Crippen LogP contribution in [0.25, 0.3) is 0 Å². The molecule has 12 heteroatoms. The smallest absolute Gasteiger partial charge is 0.510 e. The average Bonchev–Trinajstić information content (AvgIpc) is 3.52. The van der Waals surface area contributed by atoms with E-state index in [0.717, 1.165) is 12.8 Å². The fourth-order valence-electron chi connectivity index (χ4n) is 6.74. The zero-order chi connectivity index (χ0) is 30.4. The van der Waals surface area contributed by atoms with Crippen LogP contribution in [-0.2, 0) is 34.1 Å². The molecule has 3 aliphatic heterocycles. The van der Waals surface area contributed by atoms with Crippen LogP contribution >= 0.6 is 0 Å². The Labute approximate surface area is 241 Å². The van der Waals surface area contributed by atoms with Gasteiger partial charge < -0.3 is 33.3 Å². The number of alkyl halides is 3. The SMILES string of the molecule is COC(=O)OCOC(C(=O)OC1CC2CCC(C1)[N+]21CCCC1)(c1ccccc1)c1ccccc1.O=C([O-])C(F)(F)F. The summed E-state index contributed by atoms with van der Waals surface area (Å²) in [6.07, 6.45) is 0.585. The first-order valence-corrected chi connectivity index (χ1v) is 13.8. The van der Waals surface area contributed by atoms with Gasteiger partial charge >= 0.3 is 18.3 Å². The Bertz CT molecular complexity index is 1160. The van der Waals surface area contributed by atoms with Crippen LogP contribution in [0.15, 0.2) is 60.7 Å². The first-order valence-electron chi connectivity index (χ1n) is 13.8. The van der Waals surface area contributed by atoms with Crippen molar-refractivity contribution in [3.8, 4) is 0 Å². The number of hydrogen-bond donors (Lipinski definition) is 0. The monoisotopic (exact) mass is 593 g/mol. The average molecular weight is 594 g/mol. The van der Waals surface area contributed by atoms with Crippen molar-refractivity contribution in [2.24, 2.45) is 0 Å². The zero-order valence-corrected chi connectivity index (χ0v) is 23.2. The van der Waals surface area contributed by atoms with Gasteiger partial charge in [-0.15, -0.1) is 0 Å². The Morgan fingerprint density at radius 2 is 1.36 bits per heavy atom.